The summed E-state index contributed by atoms with van der Waals surface area (Å²) >= 11 is 0. The molecule has 1 heterocycles. The van der Waals surface area contributed by atoms with Gasteiger partial charge in [0.25, 0.3) is 0 Å². The van der Waals surface area contributed by atoms with Crippen LogP contribution in [0.1, 0.15) is 45.4 Å². The van der Waals surface area contributed by atoms with E-state index in [9.17, 15) is 5.11 Å². The highest BCUT2D eigenvalue weighted by molar-refractivity contribution is 5.10. The van der Waals surface area contributed by atoms with Crippen LogP contribution in [0.2, 0.25) is 0 Å². The van der Waals surface area contributed by atoms with Gasteiger partial charge in [-0.15, -0.1) is 0 Å². The number of hydrogen-bond donors (Lipinski definition) is 1. The predicted molar refractivity (Wildman–Crippen MR) is 63.9 cm³/mol. The van der Waals surface area contributed by atoms with Crippen molar-refractivity contribution in [2.45, 2.75) is 46.5 Å². The number of ether oxygens (including phenoxy) is 1. The molecule has 0 aliphatic rings. The molecule has 0 aliphatic heterocycles. The first kappa shape index (κ1) is 13.1. The molecule has 0 bridgehead atoms. The predicted octanol–water partition coefficient (Wildman–Crippen LogP) is 2.83. The first-order chi connectivity index (χ1) is 7.33. The van der Waals surface area contributed by atoms with Crippen LogP contribution in [0.25, 0.3) is 0 Å². The summed E-state index contributed by atoms with van der Waals surface area (Å²) in [5.41, 5.74) is 1.07. The highest BCUT2D eigenvalue weighted by Gasteiger charge is 2.27. The van der Waals surface area contributed by atoms with E-state index in [4.69, 9.17) is 4.74 Å². The monoisotopic (exact) mass is 223 g/mol. The van der Waals surface area contributed by atoms with Crippen LogP contribution in [0.3, 0.4) is 0 Å². The molecule has 3 nitrogen and oxygen atoms in total. The molecular formula is C13H21NO2. The SMILES string of the molecule is Cc1cccc(C(O)OC(C)(C)C(C)C)n1. The second kappa shape index (κ2) is 4.93. The molecule has 0 fully saturated rings. The van der Waals surface area contributed by atoms with E-state index in [0.717, 1.165) is 5.69 Å². The molecule has 0 aromatic carbocycles. The lowest BCUT2D eigenvalue weighted by Crippen LogP contribution is -2.33. The van der Waals surface area contributed by atoms with Crippen molar-refractivity contribution < 1.29 is 9.84 Å². The standard InChI is InChI=1S/C13H21NO2/c1-9(2)13(4,5)16-12(15)11-8-6-7-10(3)14-11/h6-9,12,15H,1-5H3. The van der Waals surface area contributed by atoms with Gasteiger partial charge in [0, 0.05) is 5.69 Å². The summed E-state index contributed by atoms with van der Waals surface area (Å²) in [6.45, 7) is 9.96. The average Bonchev–Trinajstić information content (AvgIpc) is 2.16. The third kappa shape index (κ3) is 3.29. The lowest BCUT2D eigenvalue weighted by atomic mass is 9.94. The van der Waals surface area contributed by atoms with E-state index in [1.54, 1.807) is 6.07 Å². The second-order valence-corrected chi connectivity index (χ2v) is 4.93. The molecule has 0 saturated heterocycles. The largest absolute Gasteiger partial charge is 0.363 e. The Balaban J connectivity index is 2.76. The van der Waals surface area contributed by atoms with E-state index in [-0.39, 0.29) is 5.60 Å². The molecule has 1 unspecified atom stereocenters. The third-order valence-corrected chi connectivity index (χ3v) is 2.97. The van der Waals surface area contributed by atoms with E-state index in [0.29, 0.717) is 11.6 Å². The Morgan fingerprint density at radius 2 is 1.94 bits per heavy atom. The fourth-order valence-corrected chi connectivity index (χ4v) is 1.19. The van der Waals surface area contributed by atoms with Crippen LogP contribution in [-0.4, -0.2) is 15.7 Å². The van der Waals surface area contributed by atoms with Crippen molar-refractivity contribution in [3.05, 3.63) is 29.6 Å². The highest BCUT2D eigenvalue weighted by atomic mass is 16.6. The zero-order valence-electron chi connectivity index (χ0n) is 10.7. The summed E-state index contributed by atoms with van der Waals surface area (Å²) in [4.78, 5) is 4.24. The molecule has 0 aliphatic carbocycles. The Bertz CT molecular complexity index is 348. The topological polar surface area (TPSA) is 42.4 Å². The Morgan fingerprint density at radius 3 is 2.44 bits per heavy atom. The summed E-state index contributed by atoms with van der Waals surface area (Å²) in [5, 5.41) is 9.94. The second-order valence-electron chi connectivity index (χ2n) is 4.93. The maximum atomic E-state index is 9.94. The summed E-state index contributed by atoms with van der Waals surface area (Å²) in [6.07, 6.45) is -0.961. The van der Waals surface area contributed by atoms with Crippen LogP contribution in [0, 0.1) is 12.8 Å². The van der Waals surface area contributed by atoms with Gasteiger partial charge < -0.3 is 9.84 Å². The fraction of sp³-hybridized carbons (Fsp3) is 0.615. The minimum absolute atomic E-state index is 0.326. The van der Waals surface area contributed by atoms with Gasteiger partial charge in [-0.25, -0.2) is 0 Å². The lowest BCUT2D eigenvalue weighted by molar-refractivity contribution is -0.193. The van der Waals surface area contributed by atoms with Crippen molar-refractivity contribution in [3.63, 3.8) is 0 Å². The van der Waals surface area contributed by atoms with Crippen molar-refractivity contribution >= 4 is 0 Å². The van der Waals surface area contributed by atoms with Gasteiger partial charge in [-0.3, -0.25) is 4.98 Å². The maximum Gasteiger partial charge on any atom is 0.199 e. The van der Waals surface area contributed by atoms with Crippen LogP contribution in [0.4, 0.5) is 0 Å². The maximum absolute atomic E-state index is 9.94. The highest BCUT2D eigenvalue weighted by Crippen LogP contribution is 2.26. The van der Waals surface area contributed by atoms with Gasteiger partial charge in [0.2, 0.25) is 0 Å². The number of aromatic nitrogens is 1. The van der Waals surface area contributed by atoms with E-state index >= 15 is 0 Å². The molecule has 1 rings (SSSR count). The van der Waals surface area contributed by atoms with Crippen LogP contribution in [-0.2, 0) is 4.74 Å². The van der Waals surface area contributed by atoms with Crippen LogP contribution >= 0.6 is 0 Å². The minimum atomic E-state index is -0.961. The van der Waals surface area contributed by atoms with Gasteiger partial charge in [-0.05, 0) is 38.8 Å². The first-order valence-electron chi connectivity index (χ1n) is 5.62. The molecule has 0 spiro atoms. The summed E-state index contributed by atoms with van der Waals surface area (Å²) in [7, 11) is 0. The van der Waals surface area contributed by atoms with E-state index < -0.39 is 6.29 Å². The van der Waals surface area contributed by atoms with Gasteiger partial charge in [-0.2, -0.15) is 0 Å². The molecule has 16 heavy (non-hydrogen) atoms. The molecule has 1 aromatic heterocycles. The van der Waals surface area contributed by atoms with Crippen molar-refractivity contribution in [3.8, 4) is 0 Å². The molecule has 0 amide bonds. The van der Waals surface area contributed by atoms with E-state index in [2.05, 4.69) is 18.8 Å². The summed E-state index contributed by atoms with van der Waals surface area (Å²) in [5.74, 6) is 0.326. The van der Waals surface area contributed by atoms with Crippen molar-refractivity contribution in [1.29, 1.82) is 0 Å². The average molecular weight is 223 g/mol. The molecular weight excluding hydrogens is 202 g/mol. The van der Waals surface area contributed by atoms with Crippen LogP contribution in [0.5, 0.6) is 0 Å². The number of nitrogens with zero attached hydrogens (tertiary/aromatic N) is 1. The third-order valence-electron chi connectivity index (χ3n) is 2.97. The molecule has 1 atom stereocenters. The molecule has 0 radical (unpaired) electrons. The van der Waals surface area contributed by atoms with Crippen molar-refractivity contribution in [1.82, 2.24) is 4.98 Å². The molecule has 1 N–H and O–H groups in total. The lowest BCUT2D eigenvalue weighted by Gasteiger charge is -2.31. The summed E-state index contributed by atoms with van der Waals surface area (Å²) < 4.78 is 5.63. The Kier molecular flexibility index (Phi) is 4.05. The van der Waals surface area contributed by atoms with Gasteiger partial charge >= 0.3 is 0 Å². The summed E-state index contributed by atoms with van der Waals surface area (Å²) in [6, 6.07) is 5.53. The minimum Gasteiger partial charge on any atom is -0.363 e. The zero-order chi connectivity index (χ0) is 12.3. The number of hydrogen-bond acceptors (Lipinski definition) is 3. The number of aliphatic hydroxyl groups excluding tert-OH is 1. The number of aryl methyl sites for hydroxylation is 1. The number of aliphatic hydroxyl groups is 1. The van der Waals surface area contributed by atoms with E-state index in [1.807, 2.05) is 32.9 Å². The quantitative estimate of drug-likeness (QED) is 0.798. The van der Waals surface area contributed by atoms with Gasteiger partial charge in [0.1, 0.15) is 0 Å². The van der Waals surface area contributed by atoms with Crippen LogP contribution in [0.15, 0.2) is 18.2 Å². The number of pyridine rings is 1. The van der Waals surface area contributed by atoms with Crippen molar-refractivity contribution in [2.75, 3.05) is 0 Å². The zero-order valence-corrected chi connectivity index (χ0v) is 10.7. The Hall–Kier alpha value is -0.930. The van der Waals surface area contributed by atoms with Gasteiger partial charge in [0.15, 0.2) is 6.29 Å². The Morgan fingerprint density at radius 1 is 1.31 bits per heavy atom. The molecule has 0 saturated carbocycles. The fourth-order valence-electron chi connectivity index (χ4n) is 1.19. The van der Waals surface area contributed by atoms with E-state index in [1.165, 1.54) is 0 Å². The Labute approximate surface area is 97.5 Å². The molecule has 1 aromatic rings. The smallest absolute Gasteiger partial charge is 0.199 e. The van der Waals surface area contributed by atoms with Crippen molar-refractivity contribution in [2.24, 2.45) is 5.92 Å². The molecule has 90 valence electrons. The molecule has 3 heteroatoms. The van der Waals surface area contributed by atoms with Gasteiger partial charge in [-0.1, -0.05) is 19.9 Å². The first-order valence-corrected chi connectivity index (χ1v) is 5.62. The van der Waals surface area contributed by atoms with Gasteiger partial charge in [0.05, 0.1) is 11.3 Å². The number of rotatable bonds is 4. The normalized spacial score (nSPS) is 14.2. The van der Waals surface area contributed by atoms with Crippen LogP contribution < -0.4 is 0 Å².